The van der Waals surface area contributed by atoms with Gasteiger partial charge < -0.3 is 9.90 Å². The number of unbranched alkanes of at least 4 members (excludes halogenated alkanes) is 14. The van der Waals surface area contributed by atoms with Gasteiger partial charge in [0.2, 0.25) is 5.84 Å². The fraction of sp³-hybridized carbons (Fsp3) is 0.909. The zero-order valence-electron chi connectivity index (χ0n) is 17.5. The molecule has 4 heteroatoms. The van der Waals surface area contributed by atoms with Crippen LogP contribution in [-0.2, 0) is 4.79 Å². The maximum absolute atomic E-state index is 8.89. The molecule has 0 fully saturated rings. The van der Waals surface area contributed by atoms with Crippen molar-refractivity contribution in [2.75, 3.05) is 13.1 Å². The third kappa shape index (κ3) is 21.0. The van der Waals surface area contributed by atoms with Crippen LogP contribution in [0.3, 0.4) is 0 Å². The maximum atomic E-state index is 8.89. The number of carboxylic acids is 1. The molecular formula is C22H44N2O2. The first-order valence-corrected chi connectivity index (χ1v) is 11.2. The van der Waals surface area contributed by atoms with Crippen LogP contribution in [0.4, 0.5) is 0 Å². The molecule has 0 aliphatic carbocycles. The Morgan fingerprint density at radius 3 is 1.58 bits per heavy atom. The van der Waals surface area contributed by atoms with E-state index < -0.39 is 5.97 Å². The average Bonchev–Trinajstić information content (AvgIpc) is 3.11. The Morgan fingerprint density at radius 2 is 1.23 bits per heavy atom. The second-order valence-electron chi connectivity index (χ2n) is 7.52. The second kappa shape index (κ2) is 20.3. The van der Waals surface area contributed by atoms with Crippen molar-refractivity contribution >= 4 is 11.8 Å². The largest absolute Gasteiger partial charge is 0.550 e. The summed E-state index contributed by atoms with van der Waals surface area (Å²) < 4.78 is 0. The Bertz CT molecular complexity index is 339. The van der Waals surface area contributed by atoms with E-state index in [1.54, 1.807) is 0 Å². The van der Waals surface area contributed by atoms with Crippen molar-refractivity contribution in [2.24, 2.45) is 0 Å². The molecule has 0 saturated heterocycles. The van der Waals surface area contributed by atoms with Crippen LogP contribution in [0, 0.1) is 0 Å². The third-order valence-corrected chi connectivity index (χ3v) is 4.83. The van der Waals surface area contributed by atoms with Gasteiger partial charge in [0.05, 0.1) is 0 Å². The molecule has 1 aliphatic heterocycles. The SMILES string of the molecule is CC(=O)[O-].CCCCCCCCCCCCCCCCCC1=[NH+]CCN1. The highest BCUT2D eigenvalue weighted by Gasteiger charge is 2.10. The molecule has 0 aromatic heterocycles. The molecule has 0 bridgehead atoms. The summed E-state index contributed by atoms with van der Waals surface area (Å²) in [6.07, 6.45) is 22.9. The van der Waals surface area contributed by atoms with Crippen molar-refractivity contribution in [3.63, 3.8) is 0 Å². The molecular weight excluding hydrogens is 324 g/mol. The molecule has 0 unspecified atom stereocenters. The fourth-order valence-electron chi connectivity index (χ4n) is 3.34. The van der Waals surface area contributed by atoms with Gasteiger partial charge in [-0.25, -0.2) is 0 Å². The summed E-state index contributed by atoms with van der Waals surface area (Å²) in [5, 5.41) is 12.3. The van der Waals surface area contributed by atoms with Crippen molar-refractivity contribution in [3.05, 3.63) is 0 Å². The summed E-state index contributed by atoms with van der Waals surface area (Å²) in [7, 11) is 0. The summed E-state index contributed by atoms with van der Waals surface area (Å²) in [6, 6.07) is 0. The molecule has 1 aliphatic rings. The molecule has 0 radical (unpaired) electrons. The minimum absolute atomic E-state index is 0.972. The molecule has 0 aromatic rings. The Labute approximate surface area is 162 Å². The predicted molar refractivity (Wildman–Crippen MR) is 109 cm³/mol. The number of carbonyl (C=O) groups is 1. The lowest BCUT2D eigenvalue weighted by molar-refractivity contribution is -0.445. The van der Waals surface area contributed by atoms with Crippen LogP contribution in [0.5, 0.6) is 0 Å². The van der Waals surface area contributed by atoms with E-state index in [-0.39, 0.29) is 0 Å². The van der Waals surface area contributed by atoms with E-state index in [0.717, 1.165) is 20.0 Å². The van der Waals surface area contributed by atoms with Gasteiger partial charge in [-0.05, 0) is 13.3 Å². The van der Waals surface area contributed by atoms with Gasteiger partial charge in [-0.1, -0.05) is 96.8 Å². The zero-order valence-corrected chi connectivity index (χ0v) is 17.5. The van der Waals surface area contributed by atoms with Crippen molar-refractivity contribution < 1.29 is 14.9 Å². The number of rotatable bonds is 16. The van der Waals surface area contributed by atoms with Gasteiger partial charge in [0.15, 0.2) is 0 Å². The van der Waals surface area contributed by atoms with Crippen molar-refractivity contribution in [2.45, 2.75) is 117 Å². The molecule has 0 spiro atoms. The van der Waals surface area contributed by atoms with E-state index in [4.69, 9.17) is 9.90 Å². The Kier molecular flexibility index (Phi) is 19.4. The van der Waals surface area contributed by atoms with Crippen LogP contribution in [0.2, 0.25) is 0 Å². The molecule has 4 nitrogen and oxygen atoms in total. The van der Waals surface area contributed by atoms with Gasteiger partial charge in [-0.2, -0.15) is 0 Å². The van der Waals surface area contributed by atoms with Crippen LogP contribution < -0.4 is 15.4 Å². The van der Waals surface area contributed by atoms with Gasteiger partial charge in [-0.15, -0.1) is 0 Å². The number of amidine groups is 1. The molecule has 1 heterocycles. The normalized spacial score (nSPS) is 12.9. The highest BCUT2D eigenvalue weighted by molar-refractivity contribution is 5.77. The maximum Gasteiger partial charge on any atom is 0.242 e. The molecule has 0 amide bonds. The van der Waals surface area contributed by atoms with Crippen LogP contribution in [0.15, 0.2) is 0 Å². The fourth-order valence-corrected chi connectivity index (χ4v) is 3.34. The van der Waals surface area contributed by atoms with Crippen molar-refractivity contribution in [1.82, 2.24) is 5.32 Å². The zero-order chi connectivity index (χ0) is 19.3. The highest BCUT2D eigenvalue weighted by atomic mass is 16.4. The molecule has 2 N–H and O–H groups in total. The predicted octanol–water partition coefficient (Wildman–Crippen LogP) is 3.09. The first-order chi connectivity index (χ1) is 12.7. The number of carboxylic acid groups (broad SMARTS) is 1. The minimum atomic E-state index is -1.08. The van der Waals surface area contributed by atoms with E-state index in [1.807, 2.05) is 0 Å². The standard InChI is InChI=1S/C20H40N2.C2H4O2/c1-2-3-4-5-6-7-8-9-10-11-12-13-14-15-16-17-20-21-18-19-22-20;1-2(3)4/h2-19H2,1H3,(H,21,22);1H3,(H,3,4). The second-order valence-corrected chi connectivity index (χ2v) is 7.52. The summed E-state index contributed by atoms with van der Waals surface area (Å²) in [5.41, 5.74) is 0. The van der Waals surface area contributed by atoms with E-state index in [1.165, 1.54) is 109 Å². The van der Waals surface area contributed by atoms with Crippen molar-refractivity contribution in [1.29, 1.82) is 0 Å². The summed E-state index contributed by atoms with van der Waals surface area (Å²) >= 11 is 0. The minimum Gasteiger partial charge on any atom is -0.550 e. The number of hydrogen-bond donors (Lipinski definition) is 2. The van der Waals surface area contributed by atoms with Gasteiger partial charge >= 0.3 is 0 Å². The molecule has 0 aromatic carbocycles. The van der Waals surface area contributed by atoms with Gasteiger partial charge in [-0.3, -0.25) is 10.3 Å². The number of aliphatic carboxylic acids is 1. The quantitative estimate of drug-likeness (QED) is 0.411. The van der Waals surface area contributed by atoms with Gasteiger partial charge in [0.1, 0.15) is 13.1 Å². The first-order valence-electron chi connectivity index (χ1n) is 11.2. The Hall–Kier alpha value is -1.06. The molecule has 26 heavy (non-hydrogen) atoms. The molecule has 154 valence electrons. The van der Waals surface area contributed by atoms with E-state index in [9.17, 15) is 0 Å². The highest BCUT2D eigenvalue weighted by Crippen LogP contribution is 2.13. The molecule has 1 rings (SSSR count). The van der Waals surface area contributed by atoms with E-state index in [2.05, 4.69) is 17.2 Å². The van der Waals surface area contributed by atoms with Crippen LogP contribution in [0.25, 0.3) is 0 Å². The van der Waals surface area contributed by atoms with Crippen LogP contribution in [0.1, 0.15) is 117 Å². The lowest BCUT2D eigenvalue weighted by Crippen LogP contribution is -2.70. The monoisotopic (exact) mass is 368 g/mol. The third-order valence-electron chi connectivity index (χ3n) is 4.83. The topological polar surface area (TPSA) is 66.1 Å². The Morgan fingerprint density at radius 1 is 0.846 bits per heavy atom. The van der Waals surface area contributed by atoms with Crippen molar-refractivity contribution in [3.8, 4) is 0 Å². The molecule has 0 saturated carbocycles. The van der Waals surface area contributed by atoms with Crippen LogP contribution >= 0.6 is 0 Å². The van der Waals surface area contributed by atoms with Gasteiger partial charge in [0, 0.05) is 12.4 Å². The van der Waals surface area contributed by atoms with Gasteiger partial charge in [0.25, 0.3) is 0 Å². The Balaban J connectivity index is 0.00000141. The van der Waals surface area contributed by atoms with E-state index in [0.29, 0.717) is 0 Å². The lowest BCUT2D eigenvalue weighted by Gasteiger charge is -2.03. The first kappa shape index (κ1) is 24.9. The van der Waals surface area contributed by atoms with Crippen LogP contribution in [-0.4, -0.2) is 24.9 Å². The number of hydrogen-bond acceptors (Lipinski definition) is 3. The van der Waals surface area contributed by atoms with E-state index >= 15 is 0 Å². The number of carbonyl (C=O) groups excluding carboxylic acids is 1. The molecule has 0 atom stereocenters. The summed E-state index contributed by atoms with van der Waals surface area (Å²) in [5.74, 6) is 0.301. The summed E-state index contributed by atoms with van der Waals surface area (Å²) in [4.78, 5) is 12.3. The lowest BCUT2D eigenvalue weighted by atomic mass is 10.0. The average molecular weight is 369 g/mol. The smallest absolute Gasteiger partial charge is 0.242 e. The number of nitrogens with one attached hydrogen (secondary N) is 2. The summed E-state index contributed by atoms with van der Waals surface area (Å²) in [6.45, 7) is 5.51.